The lowest BCUT2D eigenvalue weighted by molar-refractivity contribution is 0.102. The molecule has 2 heterocycles. The molecule has 1 amide bonds. The standard InChI is InChI=1S/C22H23N3O5S/c1-14-12-19(22(26)23-16-4-6-17(7-5-16)24-31(3,27)28)15(2)25(14)18-8-9-20-21(13-18)30-11-10-29-20/h4-9,12-13,24H,10-11H2,1-3H3,(H,23,26). The number of hydrogen-bond acceptors (Lipinski definition) is 5. The zero-order valence-corrected chi connectivity index (χ0v) is 18.2. The van der Waals surface area contributed by atoms with Crippen LogP contribution in [0.4, 0.5) is 11.4 Å². The van der Waals surface area contributed by atoms with E-state index in [1.54, 1.807) is 24.3 Å². The van der Waals surface area contributed by atoms with Crippen LogP contribution < -0.4 is 19.5 Å². The molecule has 4 rings (SSSR count). The van der Waals surface area contributed by atoms with Gasteiger partial charge in [0.05, 0.1) is 11.8 Å². The highest BCUT2D eigenvalue weighted by molar-refractivity contribution is 7.92. The van der Waals surface area contributed by atoms with E-state index in [2.05, 4.69) is 10.0 Å². The molecule has 1 aliphatic rings. The molecule has 1 aromatic heterocycles. The van der Waals surface area contributed by atoms with Crippen molar-refractivity contribution in [1.82, 2.24) is 4.57 Å². The van der Waals surface area contributed by atoms with Crippen molar-refractivity contribution >= 4 is 27.3 Å². The molecule has 3 aromatic rings. The van der Waals surface area contributed by atoms with Crippen molar-refractivity contribution < 1.29 is 22.7 Å². The Hall–Kier alpha value is -3.46. The first-order chi connectivity index (χ1) is 14.7. The molecular formula is C22H23N3O5S. The van der Waals surface area contributed by atoms with Gasteiger partial charge < -0.3 is 19.4 Å². The number of ether oxygens (including phenoxy) is 2. The van der Waals surface area contributed by atoms with Gasteiger partial charge in [-0.25, -0.2) is 8.42 Å². The maximum atomic E-state index is 12.9. The summed E-state index contributed by atoms with van der Waals surface area (Å²) in [6, 6.07) is 14.0. The summed E-state index contributed by atoms with van der Waals surface area (Å²) in [6.45, 7) is 4.86. The molecule has 31 heavy (non-hydrogen) atoms. The van der Waals surface area contributed by atoms with E-state index >= 15 is 0 Å². The molecule has 0 radical (unpaired) electrons. The van der Waals surface area contributed by atoms with Crippen molar-refractivity contribution in [3.05, 3.63) is 65.5 Å². The highest BCUT2D eigenvalue weighted by Gasteiger charge is 2.19. The zero-order valence-electron chi connectivity index (χ0n) is 17.4. The normalized spacial score (nSPS) is 13.0. The van der Waals surface area contributed by atoms with Crippen molar-refractivity contribution in [3.8, 4) is 17.2 Å². The molecule has 0 aliphatic carbocycles. The molecule has 0 saturated heterocycles. The number of carbonyl (C=O) groups excluding carboxylic acids is 1. The quantitative estimate of drug-likeness (QED) is 0.632. The molecule has 2 N–H and O–H groups in total. The number of hydrogen-bond donors (Lipinski definition) is 2. The smallest absolute Gasteiger partial charge is 0.257 e. The number of fused-ring (bicyclic) bond motifs is 1. The fraction of sp³-hybridized carbons (Fsp3) is 0.227. The first-order valence-corrected chi connectivity index (χ1v) is 11.6. The maximum absolute atomic E-state index is 12.9. The van der Waals surface area contributed by atoms with Crippen LogP contribution >= 0.6 is 0 Å². The van der Waals surface area contributed by atoms with Gasteiger partial charge in [-0.3, -0.25) is 9.52 Å². The molecule has 0 saturated carbocycles. The van der Waals surface area contributed by atoms with Crippen LogP contribution in [-0.4, -0.2) is 38.4 Å². The van der Waals surface area contributed by atoms with Gasteiger partial charge in [-0.15, -0.1) is 0 Å². The third-order valence-corrected chi connectivity index (χ3v) is 5.51. The Labute approximate surface area is 180 Å². The third kappa shape index (κ3) is 4.51. The first kappa shape index (κ1) is 20.8. The maximum Gasteiger partial charge on any atom is 0.257 e. The summed E-state index contributed by atoms with van der Waals surface area (Å²) in [5.74, 6) is 1.15. The number of aromatic nitrogens is 1. The van der Waals surface area contributed by atoms with E-state index in [1.807, 2.05) is 42.7 Å². The Morgan fingerprint density at radius 3 is 2.26 bits per heavy atom. The van der Waals surface area contributed by atoms with Gasteiger partial charge >= 0.3 is 0 Å². The molecule has 0 spiro atoms. The van der Waals surface area contributed by atoms with Gasteiger partial charge in [0.15, 0.2) is 11.5 Å². The average Bonchev–Trinajstić information content (AvgIpc) is 3.02. The van der Waals surface area contributed by atoms with E-state index in [0.717, 1.165) is 23.3 Å². The number of nitrogens with zero attached hydrogens (tertiary/aromatic N) is 1. The number of rotatable bonds is 5. The predicted octanol–water partition coefficient (Wildman–Crippen LogP) is 3.49. The molecule has 2 aromatic carbocycles. The third-order valence-electron chi connectivity index (χ3n) is 4.91. The van der Waals surface area contributed by atoms with Crippen LogP contribution in [0.2, 0.25) is 0 Å². The SMILES string of the molecule is Cc1cc(C(=O)Nc2ccc(NS(C)(=O)=O)cc2)c(C)n1-c1ccc2c(c1)OCCO2. The van der Waals surface area contributed by atoms with Crippen LogP contribution in [0, 0.1) is 13.8 Å². The largest absolute Gasteiger partial charge is 0.486 e. The van der Waals surface area contributed by atoms with Crippen molar-refractivity contribution in [3.63, 3.8) is 0 Å². The summed E-state index contributed by atoms with van der Waals surface area (Å²) in [4.78, 5) is 12.9. The number of anilines is 2. The van der Waals surface area contributed by atoms with E-state index in [9.17, 15) is 13.2 Å². The van der Waals surface area contributed by atoms with E-state index in [4.69, 9.17) is 9.47 Å². The lowest BCUT2D eigenvalue weighted by Crippen LogP contribution is -2.16. The molecule has 0 unspecified atom stereocenters. The zero-order chi connectivity index (χ0) is 22.2. The van der Waals surface area contributed by atoms with Gasteiger partial charge in [-0.1, -0.05) is 0 Å². The lowest BCUT2D eigenvalue weighted by Gasteiger charge is -2.20. The van der Waals surface area contributed by atoms with E-state index in [-0.39, 0.29) is 5.91 Å². The second kappa shape index (κ2) is 7.99. The Morgan fingerprint density at radius 2 is 1.58 bits per heavy atom. The highest BCUT2D eigenvalue weighted by Crippen LogP contribution is 2.33. The lowest BCUT2D eigenvalue weighted by atomic mass is 10.2. The minimum atomic E-state index is -3.35. The first-order valence-electron chi connectivity index (χ1n) is 9.69. The summed E-state index contributed by atoms with van der Waals surface area (Å²) in [6.07, 6.45) is 1.08. The fourth-order valence-corrected chi connectivity index (χ4v) is 4.16. The van der Waals surface area contributed by atoms with Crippen LogP contribution in [0.15, 0.2) is 48.5 Å². The molecule has 162 valence electrons. The number of carbonyl (C=O) groups is 1. The van der Waals surface area contributed by atoms with E-state index < -0.39 is 10.0 Å². The number of aryl methyl sites for hydroxylation is 1. The molecule has 8 nitrogen and oxygen atoms in total. The summed E-state index contributed by atoms with van der Waals surface area (Å²) in [5.41, 5.74) is 4.12. The second-order valence-electron chi connectivity index (χ2n) is 7.35. The van der Waals surface area contributed by atoms with Crippen LogP contribution in [0.5, 0.6) is 11.5 Å². The Bertz CT molecular complexity index is 1250. The van der Waals surface area contributed by atoms with Gasteiger partial charge in [-0.2, -0.15) is 0 Å². The summed E-state index contributed by atoms with van der Waals surface area (Å²) < 4.78 is 38.3. The van der Waals surface area contributed by atoms with Gasteiger partial charge in [-0.05, 0) is 56.3 Å². The molecule has 0 fully saturated rings. The Balaban J connectivity index is 1.56. The summed E-state index contributed by atoms with van der Waals surface area (Å²) in [7, 11) is -3.35. The number of benzene rings is 2. The highest BCUT2D eigenvalue weighted by atomic mass is 32.2. The number of nitrogens with one attached hydrogen (secondary N) is 2. The molecule has 0 bridgehead atoms. The Kier molecular flexibility index (Phi) is 5.36. The monoisotopic (exact) mass is 441 g/mol. The van der Waals surface area contributed by atoms with Crippen molar-refractivity contribution in [1.29, 1.82) is 0 Å². The minimum absolute atomic E-state index is 0.249. The molecule has 0 atom stereocenters. The van der Waals surface area contributed by atoms with Crippen molar-refractivity contribution in [2.45, 2.75) is 13.8 Å². The second-order valence-corrected chi connectivity index (χ2v) is 9.10. The van der Waals surface area contributed by atoms with Gasteiger partial charge in [0.1, 0.15) is 13.2 Å². The van der Waals surface area contributed by atoms with E-state index in [0.29, 0.717) is 41.7 Å². The van der Waals surface area contributed by atoms with Crippen LogP contribution in [-0.2, 0) is 10.0 Å². The predicted molar refractivity (Wildman–Crippen MR) is 119 cm³/mol. The van der Waals surface area contributed by atoms with Crippen LogP contribution in [0.3, 0.4) is 0 Å². The molecule has 1 aliphatic heterocycles. The van der Waals surface area contributed by atoms with Crippen molar-refractivity contribution in [2.24, 2.45) is 0 Å². The van der Waals surface area contributed by atoms with E-state index in [1.165, 1.54) is 0 Å². The van der Waals surface area contributed by atoms with Crippen LogP contribution in [0.25, 0.3) is 5.69 Å². The Morgan fingerprint density at radius 1 is 0.935 bits per heavy atom. The minimum Gasteiger partial charge on any atom is -0.486 e. The molecule has 9 heteroatoms. The van der Waals surface area contributed by atoms with Gasteiger partial charge in [0.25, 0.3) is 5.91 Å². The van der Waals surface area contributed by atoms with Gasteiger partial charge in [0.2, 0.25) is 10.0 Å². The van der Waals surface area contributed by atoms with Crippen LogP contribution in [0.1, 0.15) is 21.7 Å². The van der Waals surface area contributed by atoms with Gasteiger partial charge in [0, 0.05) is 34.5 Å². The average molecular weight is 442 g/mol. The molecular weight excluding hydrogens is 418 g/mol. The number of sulfonamides is 1. The van der Waals surface area contributed by atoms with Crippen molar-refractivity contribution in [2.75, 3.05) is 29.5 Å². The fourth-order valence-electron chi connectivity index (χ4n) is 3.60. The summed E-state index contributed by atoms with van der Waals surface area (Å²) in [5, 5.41) is 2.86. The summed E-state index contributed by atoms with van der Waals surface area (Å²) >= 11 is 0. The topological polar surface area (TPSA) is 98.7 Å². The number of amides is 1.